The minimum atomic E-state index is -3.66. The lowest BCUT2D eigenvalue weighted by atomic mass is 10.1. The Morgan fingerprint density at radius 3 is 2.95 bits per heavy atom. The van der Waals surface area contributed by atoms with Crippen molar-refractivity contribution in [3.8, 4) is 11.8 Å². The van der Waals surface area contributed by atoms with Crippen LogP contribution in [0, 0.1) is 11.8 Å². The zero-order valence-electron chi connectivity index (χ0n) is 10.9. The predicted octanol–water partition coefficient (Wildman–Crippen LogP) is -0.429. The molecule has 0 radical (unpaired) electrons. The Morgan fingerprint density at radius 2 is 2.25 bits per heavy atom. The molecule has 1 aliphatic rings. The normalized spacial score (nSPS) is 20.2. The second-order valence-corrected chi connectivity index (χ2v) is 6.47. The highest BCUT2D eigenvalue weighted by Gasteiger charge is 2.29. The molecule has 1 saturated heterocycles. The molecule has 0 spiro atoms. The van der Waals surface area contributed by atoms with Crippen LogP contribution in [0.15, 0.2) is 23.4 Å². The Balaban J connectivity index is 2.29. The third-order valence-corrected chi connectivity index (χ3v) is 4.85. The number of hydrogen-bond acceptors (Lipinski definition) is 5. The smallest absolute Gasteiger partial charge is 0.244 e. The van der Waals surface area contributed by atoms with Gasteiger partial charge in [-0.15, -0.1) is 0 Å². The van der Waals surface area contributed by atoms with Gasteiger partial charge in [0.25, 0.3) is 0 Å². The first-order valence-electron chi connectivity index (χ1n) is 6.27. The molecule has 0 saturated carbocycles. The lowest BCUT2D eigenvalue weighted by molar-refractivity contribution is 0.108. The average molecular weight is 296 g/mol. The van der Waals surface area contributed by atoms with E-state index in [1.807, 2.05) is 0 Å². The van der Waals surface area contributed by atoms with Crippen molar-refractivity contribution in [3.05, 3.63) is 24.0 Å². The fourth-order valence-corrected chi connectivity index (χ4v) is 3.56. The van der Waals surface area contributed by atoms with Gasteiger partial charge in [0.05, 0.1) is 6.10 Å². The predicted molar refractivity (Wildman–Crippen MR) is 72.2 cm³/mol. The number of pyridine rings is 1. The fraction of sp³-hybridized carbons (Fsp3) is 0.462. The van der Waals surface area contributed by atoms with E-state index in [-0.39, 0.29) is 18.0 Å². The lowest BCUT2D eigenvalue weighted by Crippen LogP contribution is -2.42. The zero-order chi connectivity index (χ0) is 14.6. The summed E-state index contributed by atoms with van der Waals surface area (Å²) in [7, 11) is -3.66. The Kier molecular flexibility index (Phi) is 4.73. The van der Waals surface area contributed by atoms with Crippen LogP contribution < -0.4 is 0 Å². The van der Waals surface area contributed by atoms with Gasteiger partial charge in [0.15, 0.2) is 0 Å². The minimum absolute atomic E-state index is 0.0522. The molecule has 0 bridgehead atoms. The van der Waals surface area contributed by atoms with E-state index < -0.39 is 16.1 Å². The lowest BCUT2D eigenvalue weighted by Gasteiger charge is -2.29. The van der Waals surface area contributed by atoms with Gasteiger partial charge in [0.1, 0.15) is 11.5 Å². The second kappa shape index (κ2) is 6.33. The maximum Gasteiger partial charge on any atom is 0.244 e. The molecule has 0 aliphatic carbocycles. The molecular formula is C13H16N2O4S. The van der Waals surface area contributed by atoms with Crippen LogP contribution in [0.25, 0.3) is 0 Å². The van der Waals surface area contributed by atoms with Gasteiger partial charge < -0.3 is 10.2 Å². The van der Waals surface area contributed by atoms with Gasteiger partial charge >= 0.3 is 0 Å². The number of aliphatic hydroxyl groups excluding tert-OH is 2. The third kappa shape index (κ3) is 3.35. The van der Waals surface area contributed by atoms with Crippen LogP contribution in [0.5, 0.6) is 0 Å². The van der Waals surface area contributed by atoms with Crippen molar-refractivity contribution in [3.63, 3.8) is 0 Å². The van der Waals surface area contributed by atoms with E-state index in [0.29, 0.717) is 24.9 Å². The monoisotopic (exact) mass is 296 g/mol. The quantitative estimate of drug-likeness (QED) is 0.723. The number of aromatic nitrogens is 1. The molecule has 2 heterocycles. The number of sulfonamides is 1. The number of piperidine rings is 1. The van der Waals surface area contributed by atoms with Crippen LogP contribution in [0.4, 0.5) is 0 Å². The molecule has 1 aliphatic heterocycles. The highest BCUT2D eigenvalue weighted by atomic mass is 32.2. The fourth-order valence-electron chi connectivity index (χ4n) is 2.06. The number of β-amino-alcohol motifs (C(OH)–C–C–N with tert-alkyl or cyclic N) is 1. The Bertz CT molecular complexity index is 633. The van der Waals surface area contributed by atoms with Crippen LogP contribution in [0.2, 0.25) is 0 Å². The molecule has 1 atom stereocenters. The van der Waals surface area contributed by atoms with Gasteiger partial charge in [-0.3, -0.25) is 4.98 Å². The van der Waals surface area contributed by atoms with Crippen LogP contribution >= 0.6 is 0 Å². The van der Waals surface area contributed by atoms with E-state index in [0.717, 1.165) is 0 Å². The maximum absolute atomic E-state index is 12.4. The van der Waals surface area contributed by atoms with Crippen molar-refractivity contribution in [2.45, 2.75) is 23.8 Å². The zero-order valence-corrected chi connectivity index (χ0v) is 11.7. The summed E-state index contributed by atoms with van der Waals surface area (Å²) in [4.78, 5) is 3.92. The molecule has 7 heteroatoms. The SMILES string of the molecule is O=S(=O)(c1cncc(C#CCO)c1)N1CCCC(O)C1. The van der Waals surface area contributed by atoms with Crippen LogP contribution in [0.3, 0.4) is 0 Å². The van der Waals surface area contributed by atoms with Crippen LogP contribution in [-0.2, 0) is 10.0 Å². The number of rotatable bonds is 2. The van der Waals surface area contributed by atoms with Gasteiger partial charge in [0, 0.05) is 31.0 Å². The standard InChI is InChI=1S/C13H16N2O4S/c16-6-2-3-11-7-13(9-14-8-11)20(18,19)15-5-1-4-12(17)10-15/h7-9,12,16-17H,1,4-6,10H2. The largest absolute Gasteiger partial charge is 0.392 e. The summed E-state index contributed by atoms with van der Waals surface area (Å²) in [6.07, 6.45) is 3.33. The van der Waals surface area contributed by atoms with Crippen LogP contribution in [-0.4, -0.2) is 53.7 Å². The summed E-state index contributed by atoms with van der Waals surface area (Å²) in [5.74, 6) is 5.07. The van der Waals surface area contributed by atoms with Crippen molar-refractivity contribution in [2.75, 3.05) is 19.7 Å². The molecule has 2 rings (SSSR count). The van der Waals surface area contributed by atoms with Crippen molar-refractivity contribution in [1.29, 1.82) is 0 Å². The molecule has 1 aromatic rings. The van der Waals surface area contributed by atoms with Gasteiger partial charge in [-0.2, -0.15) is 4.31 Å². The summed E-state index contributed by atoms with van der Waals surface area (Å²) in [6, 6.07) is 1.42. The molecule has 1 aromatic heterocycles. The van der Waals surface area contributed by atoms with E-state index in [1.165, 1.54) is 22.8 Å². The molecule has 0 amide bonds. The Hall–Kier alpha value is -1.46. The molecule has 0 aromatic carbocycles. The minimum Gasteiger partial charge on any atom is -0.392 e. The average Bonchev–Trinajstić information content (AvgIpc) is 2.45. The Morgan fingerprint density at radius 1 is 1.45 bits per heavy atom. The highest BCUT2D eigenvalue weighted by molar-refractivity contribution is 7.89. The molecule has 6 nitrogen and oxygen atoms in total. The maximum atomic E-state index is 12.4. The van der Waals surface area contributed by atoms with Crippen LogP contribution in [0.1, 0.15) is 18.4 Å². The van der Waals surface area contributed by atoms with Crippen molar-refractivity contribution < 1.29 is 18.6 Å². The first-order valence-corrected chi connectivity index (χ1v) is 7.71. The van der Waals surface area contributed by atoms with Crippen molar-refractivity contribution in [2.24, 2.45) is 0 Å². The number of nitrogens with zero attached hydrogens (tertiary/aromatic N) is 2. The van der Waals surface area contributed by atoms with E-state index >= 15 is 0 Å². The molecular weight excluding hydrogens is 280 g/mol. The summed E-state index contributed by atoms with van der Waals surface area (Å²) < 4.78 is 26.1. The van der Waals surface area contributed by atoms with Crippen molar-refractivity contribution >= 4 is 10.0 Å². The topological polar surface area (TPSA) is 90.7 Å². The van der Waals surface area contributed by atoms with Gasteiger partial charge in [-0.05, 0) is 18.9 Å². The van der Waals surface area contributed by atoms with Gasteiger partial charge in [0.2, 0.25) is 10.0 Å². The second-order valence-electron chi connectivity index (χ2n) is 4.53. The van der Waals surface area contributed by atoms with E-state index in [9.17, 15) is 13.5 Å². The van der Waals surface area contributed by atoms with Gasteiger partial charge in [-0.1, -0.05) is 11.8 Å². The first kappa shape index (κ1) is 14.9. The van der Waals surface area contributed by atoms with E-state index in [4.69, 9.17) is 5.11 Å². The third-order valence-electron chi connectivity index (χ3n) is 3.02. The first-order chi connectivity index (χ1) is 9.54. The molecule has 2 N–H and O–H groups in total. The summed E-state index contributed by atoms with van der Waals surface area (Å²) in [5, 5.41) is 18.2. The molecule has 20 heavy (non-hydrogen) atoms. The van der Waals surface area contributed by atoms with E-state index in [1.54, 1.807) is 0 Å². The summed E-state index contributed by atoms with van der Waals surface area (Å²) in [6.45, 7) is 0.204. The molecule has 108 valence electrons. The summed E-state index contributed by atoms with van der Waals surface area (Å²) in [5.41, 5.74) is 0.428. The number of aliphatic hydroxyl groups is 2. The highest BCUT2D eigenvalue weighted by Crippen LogP contribution is 2.20. The molecule has 1 fully saturated rings. The number of hydrogen-bond donors (Lipinski definition) is 2. The van der Waals surface area contributed by atoms with Gasteiger partial charge in [-0.25, -0.2) is 8.42 Å². The summed E-state index contributed by atoms with van der Waals surface area (Å²) >= 11 is 0. The van der Waals surface area contributed by atoms with E-state index in [2.05, 4.69) is 16.8 Å². The molecule has 1 unspecified atom stereocenters. The van der Waals surface area contributed by atoms with Crippen molar-refractivity contribution in [1.82, 2.24) is 9.29 Å². The Labute approximate surface area is 118 Å².